The largest absolute Gasteiger partial charge is 0.357 e. The predicted octanol–water partition coefficient (Wildman–Crippen LogP) is 2.25. The molecular weight excluding hydrogens is 334 g/mol. The molecule has 2 rings (SSSR count). The molecule has 1 aromatic heterocycles. The number of rotatable bonds is 7. The summed E-state index contributed by atoms with van der Waals surface area (Å²) >= 11 is 1.65. The Balaban J connectivity index is 1.77. The van der Waals surface area contributed by atoms with Gasteiger partial charge in [0.2, 0.25) is 0 Å². The van der Waals surface area contributed by atoms with E-state index in [1.165, 1.54) is 4.88 Å². The predicted molar refractivity (Wildman–Crippen MR) is 103 cm³/mol. The van der Waals surface area contributed by atoms with Crippen LogP contribution in [0.1, 0.15) is 32.7 Å². The van der Waals surface area contributed by atoms with Crippen molar-refractivity contribution in [1.82, 2.24) is 20.9 Å². The van der Waals surface area contributed by atoms with Crippen molar-refractivity contribution >= 4 is 23.2 Å². The van der Waals surface area contributed by atoms with Crippen LogP contribution in [-0.2, 0) is 6.54 Å². The fourth-order valence-electron chi connectivity index (χ4n) is 2.21. The molecule has 6 nitrogen and oxygen atoms in total. The van der Waals surface area contributed by atoms with Crippen LogP contribution in [-0.4, -0.2) is 36.5 Å². The molecule has 0 aliphatic carbocycles. The minimum atomic E-state index is -0.0642. The lowest BCUT2D eigenvalue weighted by molar-refractivity contribution is 0.0954. The first-order valence-corrected chi connectivity index (χ1v) is 9.18. The molecule has 0 fully saturated rings. The van der Waals surface area contributed by atoms with Gasteiger partial charge in [0.25, 0.3) is 5.91 Å². The molecule has 1 aromatic carbocycles. The molecule has 1 heterocycles. The zero-order valence-electron chi connectivity index (χ0n) is 14.9. The molecule has 0 saturated carbocycles. The van der Waals surface area contributed by atoms with Crippen molar-refractivity contribution in [3.8, 4) is 0 Å². The van der Waals surface area contributed by atoms with Crippen LogP contribution in [0.5, 0.6) is 0 Å². The second-order valence-electron chi connectivity index (χ2n) is 5.61. The van der Waals surface area contributed by atoms with Gasteiger partial charge in [-0.25, -0.2) is 9.98 Å². The molecule has 0 atom stereocenters. The summed E-state index contributed by atoms with van der Waals surface area (Å²) < 4.78 is 0. The van der Waals surface area contributed by atoms with E-state index in [2.05, 4.69) is 25.9 Å². The summed E-state index contributed by atoms with van der Waals surface area (Å²) in [6.45, 7) is 8.46. The topological polar surface area (TPSA) is 78.4 Å². The Morgan fingerprint density at radius 2 is 2.00 bits per heavy atom. The van der Waals surface area contributed by atoms with E-state index in [1.807, 2.05) is 51.2 Å². The molecule has 1 amide bonds. The number of carbonyl (C=O) groups excluding carboxylic acids is 1. The van der Waals surface area contributed by atoms with Gasteiger partial charge < -0.3 is 16.0 Å². The lowest BCUT2D eigenvalue weighted by atomic mass is 10.1. The van der Waals surface area contributed by atoms with Gasteiger partial charge in [-0.3, -0.25) is 4.79 Å². The molecule has 0 unspecified atom stereocenters. The minimum Gasteiger partial charge on any atom is -0.357 e. The summed E-state index contributed by atoms with van der Waals surface area (Å²) in [5, 5.41) is 10.3. The zero-order valence-corrected chi connectivity index (χ0v) is 15.7. The highest BCUT2D eigenvalue weighted by Gasteiger charge is 2.05. The van der Waals surface area contributed by atoms with Crippen molar-refractivity contribution < 1.29 is 4.79 Å². The third kappa shape index (κ3) is 6.54. The number of aryl methyl sites for hydroxylation is 2. The third-order valence-corrected chi connectivity index (χ3v) is 4.27. The van der Waals surface area contributed by atoms with Crippen molar-refractivity contribution in [2.24, 2.45) is 4.99 Å². The summed E-state index contributed by atoms with van der Waals surface area (Å²) in [5.41, 5.74) is 1.75. The van der Waals surface area contributed by atoms with Gasteiger partial charge in [-0.1, -0.05) is 17.7 Å². The number of aliphatic imine (C=N–C) groups is 1. The highest BCUT2D eigenvalue weighted by molar-refractivity contribution is 7.11. The second kappa shape index (κ2) is 9.78. The van der Waals surface area contributed by atoms with Crippen molar-refractivity contribution in [1.29, 1.82) is 0 Å². The molecule has 0 radical (unpaired) electrons. The number of nitrogens with zero attached hydrogens (tertiary/aromatic N) is 2. The molecule has 3 N–H and O–H groups in total. The fraction of sp³-hybridized carbons (Fsp3) is 0.389. The second-order valence-corrected chi connectivity index (χ2v) is 6.93. The maximum absolute atomic E-state index is 12.1. The monoisotopic (exact) mass is 359 g/mol. The Kier molecular flexibility index (Phi) is 7.40. The molecule has 0 saturated heterocycles. The highest BCUT2D eigenvalue weighted by Crippen LogP contribution is 2.11. The summed E-state index contributed by atoms with van der Waals surface area (Å²) in [4.78, 5) is 22.1. The third-order valence-electron chi connectivity index (χ3n) is 3.37. The Bertz CT molecular complexity index is 726. The number of hydrogen-bond acceptors (Lipinski definition) is 4. The van der Waals surface area contributed by atoms with Crippen molar-refractivity contribution in [3.63, 3.8) is 0 Å². The van der Waals surface area contributed by atoms with Crippen molar-refractivity contribution in [3.05, 3.63) is 51.5 Å². The Morgan fingerprint density at radius 3 is 2.68 bits per heavy atom. The number of aromatic nitrogens is 1. The Hall–Kier alpha value is -2.41. The summed E-state index contributed by atoms with van der Waals surface area (Å²) in [6.07, 6.45) is 1.86. The molecular formula is C18H25N5OS. The van der Waals surface area contributed by atoms with Crippen molar-refractivity contribution in [2.45, 2.75) is 27.3 Å². The van der Waals surface area contributed by atoms with Crippen LogP contribution >= 0.6 is 11.3 Å². The number of hydrogen-bond donors (Lipinski definition) is 3. The number of nitrogens with one attached hydrogen (secondary N) is 3. The molecule has 134 valence electrons. The zero-order chi connectivity index (χ0) is 18.1. The van der Waals surface area contributed by atoms with E-state index < -0.39 is 0 Å². The van der Waals surface area contributed by atoms with Crippen LogP contribution in [0, 0.1) is 13.8 Å². The number of guanidine groups is 1. The van der Waals surface area contributed by atoms with E-state index in [4.69, 9.17) is 0 Å². The fourth-order valence-corrected chi connectivity index (χ4v) is 2.92. The van der Waals surface area contributed by atoms with Crippen LogP contribution in [0.15, 0.2) is 35.5 Å². The molecule has 0 bridgehead atoms. The van der Waals surface area contributed by atoms with Gasteiger partial charge in [0, 0.05) is 36.3 Å². The van der Waals surface area contributed by atoms with Gasteiger partial charge in [0.1, 0.15) is 5.01 Å². The van der Waals surface area contributed by atoms with E-state index in [-0.39, 0.29) is 5.91 Å². The first-order valence-electron chi connectivity index (χ1n) is 8.37. The Labute approximate surface area is 152 Å². The Morgan fingerprint density at radius 1 is 1.20 bits per heavy atom. The van der Waals surface area contributed by atoms with E-state index in [0.29, 0.717) is 25.2 Å². The lowest BCUT2D eigenvalue weighted by Crippen LogP contribution is -2.41. The summed E-state index contributed by atoms with van der Waals surface area (Å²) in [7, 11) is 0. The summed E-state index contributed by atoms with van der Waals surface area (Å²) in [5.74, 6) is 0.658. The number of amides is 1. The SMILES string of the molecule is CCNC(=NCc1ncc(C)s1)NCCNC(=O)c1cccc(C)c1. The molecule has 0 spiro atoms. The average Bonchev–Trinajstić information content (AvgIpc) is 3.01. The number of carbonyl (C=O) groups is 1. The van der Waals surface area contributed by atoms with Gasteiger partial charge in [0.05, 0.1) is 6.54 Å². The van der Waals surface area contributed by atoms with E-state index >= 15 is 0 Å². The summed E-state index contributed by atoms with van der Waals surface area (Å²) in [6, 6.07) is 7.56. The normalized spacial score (nSPS) is 11.2. The highest BCUT2D eigenvalue weighted by atomic mass is 32.1. The maximum Gasteiger partial charge on any atom is 0.251 e. The van der Waals surface area contributed by atoms with Crippen LogP contribution in [0.25, 0.3) is 0 Å². The van der Waals surface area contributed by atoms with E-state index in [1.54, 1.807) is 11.3 Å². The van der Waals surface area contributed by atoms with Gasteiger partial charge in [0.15, 0.2) is 5.96 Å². The first kappa shape index (κ1) is 18.9. The first-order chi connectivity index (χ1) is 12.1. The van der Waals surface area contributed by atoms with Crippen molar-refractivity contribution in [2.75, 3.05) is 19.6 Å². The molecule has 2 aromatic rings. The number of benzene rings is 1. The standard InChI is InChI=1S/C18H25N5OS/c1-4-19-18(23-12-16-22-11-14(3)25-16)21-9-8-20-17(24)15-7-5-6-13(2)10-15/h5-7,10-11H,4,8-9,12H2,1-3H3,(H,20,24)(H2,19,21,23). The minimum absolute atomic E-state index is 0.0642. The van der Waals surface area contributed by atoms with Gasteiger partial charge >= 0.3 is 0 Å². The molecule has 0 aliphatic rings. The van der Waals surface area contributed by atoms with Crippen LogP contribution in [0.4, 0.5) is 0 Å². The van der Waals surface area contributed by atoms with Crippen LogP contribution < -0.4 is 16.0 Å². The van der Waals surface area contributed by atoms with Gasteiger partial charge in [-0.2, -0.15) is 0 Å². The quantitative estimate of drug-likeness (QED) is 0.402. The van der Waals surface area contributed by atoms with Crippen LogP contribution in [0.3, 0.4) is 0 Å². The smallest absolute Gasteiger partial charge is 0.251 e. The number of thiazole rings is 1. The lowest BCUT2D eigenvalue weighted by Gasteiger charge is -2.11. The molecule has 25 heavy (non-hydrogen) atoms. The molecule has 7 heteroatoms. The average molecular weight is 359 g/mol. The van der Waals surface area contributed by atoms with Crippen LogP contribution in [0.2, 0.25) is 0 Å². The van der Waals surface area contributed by atoms with Gasteiger partial charge in [-0.05, 0) is 32.9 Å². The van der Waals surface area contributed by atoms with Gasteiger partial charge in [-0.15, -0.1) is 11.3 Å². The van der Waals surface area contributed by atoms with E-state index in [9.17, 15) is 4.79 Å². The molecule has 0 aliphatic heterocycles. The maximum atomic E-state index is 12.1. The van der Waals surface area contributed by atoms with E-state index in [0.717, 1.165) is 23.1 Å².